The Hall–Kier alpha value is -1.32. The summed E-state index contributed by atoms with van der Waals surface area (Å²) in [5.41, 5.74) is 0. The maximum Gasteiger partial charge on any atom is 0.326 e. The Morgan fingerprint density at radius 2 is 1.38 bits per heavy atom. The molecule has 0 aromatic rings. The SMILES string of the molecule is CCCCCCCC/C=C\CCCCCCC(NC(C)=O)C(=O)O. The zero-order chi connectivity index (χ0) is 18.0. The first-order chi connectivity index (χ1) is 11.6. The number of hydrogen-bond acceptors (Lipinski definition) is 2. The molecule has 4 nitrogen and oxygen atoms in total. The van der Waals surface area contributed by atoms with Gasteiger partial charge in [0.05, 0.1) is 0 Å². The molecular weight excluding hydrogens is 302 g/mol. The highest BCUT2D eigenvalue weighted by Gasteiger charge is 2.17. The van der Waals surface area contributed by atoms with Gasteiger partial charge in [-0.05, 0) is 32.1 Å². The van der Waals surface area contributed by atoms with Crippen LogP contribution in [0, 0.1) is 0 Å². The summed E-state index contributed by atoms with van der Waals surface area (Å²) in [6.07, 6.45) is 19.6. The minimum atomic E-state index is -0.942. The minimum Gasteiger partial charge on any atom is -0.480 e. The lowest BCUT2D eigenvalue weighted by Gasteiger charge is -2.12. The van der Waals surface area contributed by atoms with Crippen molar-refractivity contribution in [3.8, 4) is 0 Å². The molecule has 0 aliphatic carbocycles. The van der Waals surface area contributed by atoms with Crippen molar-refractivity contribution in [1.82, 2.24) is 5.32 Å². The highest BCUT2D eigenvalue weighted by molar-refractivity contribution is 5.81. The maximum atomic E-state index is 11.0. The highest BCUT2D eigenvalue weighted by Crippen LogP contribution is 2.10. The average Bonchev–Trinajstić information content (AvgIpc) is 2.53. The quantitative estimate of drug-likeness (QED) is 0.299. The molecule has 0 aromatic carbocycles. The molecule has 0 aliphatic rings. The number of aliphatic carboxylic acids is 1. The molecule has 2 N–H and O–H groups in total. The molecule has 0 saturated carbocycles. The molecule has 1 amide bonds. The molecule has 0 fully saturated rings. The van der Waals surface area contributed by atoms with Crippen LogP contribution >= 0.6 is 0 Å². The predicted octanol–water partition coefficient (Wildman–Crippen LogP) is 5.22. The lowest BCUT2D eigenvalue weighted by atomic mass is 10.1. The monoisotopic (exact) mass is 339 g/mol. The average molecular weight is 340 g/mol. The normalized spacial score (nSPS) is 12.4. The lowest BCUT2D eigenvalue weighted by Crippen LogP contribution is -2.39. The van der Waals surface area contributed by atoms with Crippen molar-refractivity contribution < 1.29 is 14.7 Å². The molecule has 0 bridgehead atoms. The molecule has 140 valence electrons. The Balaban J connectivity index is 3.42. The number of amides is 1. The van der Waals surface area contributed by atoms with Crippen molar-refractivity contribution >= 4 is 11.9 Å². The third-order valence-electron chi connectivity index (χ3n) is 4.18. The summed E-state index contributed by atoms with van der Waals surface area (Å²) in [6, 6.07) is -0.736. The van der Waals surface area contributed by atoms with Crippen molar-refractivity contribution in [2.75, 3.05) is 0 Å². The summed E-state index contributed by atoms with van der Waals surface area (Å²) < 4.78 is 0. The summed E-state index contributed by atoms with van der Waals surface area (Å²) in [6.45, 7) is 3.60. The van der Waals surface area contributed by atoms with Crippen LogP contribution in [0.3, 0.4) is 0 Å². The third-order valence-corrected chi connectivity index (χ3v) is 4.18. The molecule has 0 aromatic heterocycles. The highest BCUT2D eigenvalue weighted by atomic mass is 16.4. The standard InChI is InChI=1S/C20H37NO3/c1-3-4-5-6-7-8-9-10-11-12-13-14-15-16-17-19(20(23)24)21-18(2)22/h10-11,19H,3-9,12-17H2,1-2H3,(H,21,22)(H,23,24)/b11-10-. The Labute approximate surface area is 148 Å². The van der Waals surface area contributed by atoms with Gasteiger partial charge in [-0.1, -0.05) is 70.4 Å². The second-order valence-corrected chi connectivity index (χ2v) is 6.61. The van der Waals surface area contributed by atoms with E-state index in [1.54, 1.807) is 0 Å². The number of allylic oxidation sites excluding steroid dienone is 2. The summed E-state index contributed by atoms with van der Waals surface area (Å²) in [5, 5.41) is 11.5. The Kier molecular flexibility index (Phi) is 15.6. The molecular formula is C20H37NO3. The fraction of sp³-hybridized carbons (Fsp3) is 0.800. The number of hydrogen-bond donors (Lipinski definition) is 2. The zero-order valence-corrected chi connectivity index (χ0v) is 15.7. The van der Waals surface area contributed by atoms with Crippen LogP contribution in [-0.4, -0.2) is 23.0 Å². The molecule has 0 heterocycles. The minimum absolute atomic E-state index is 0.280. The molecule has 0 saturated heterocycles. The van der Waals surface area contributed by atoms with Gasteiger partial charge in [0.2, 0.25) is 5.91 Å². The Morgan fingerprint density at radius 1 is 0.875 bits per heavy atom. The van der Waals surface area contributed by atoms with Crippen molar-refractivity contribution in [2.24, 2.45) is 0 Å². The van der Waals surface area contributed by atoms with Gasteiger partial charge in [0.15, 0.2) is 0 Å². The van der Waals surface area contributed by atoms with Gasteiger partial charge < -0.3 is 10.4 Å². The molecule has 1 atom stereocenters. The van der Waals surface area contributed by atoms with Gasteiger partial charge in [-0.15, -0.1) is 0 Å². The van der Waals surface area contributed by atoms with Crippen LogP contribution < -0.4 is 5.32 Å². The predicted molar refractivity (Wildman–Crippen MR) is 100 cm³/mol. The first-order valence-corrected chi connectivity index (χ1v) is 9.72. The van der Waals surface area contributed by atoms with Crippen LogP contribution in [0.15, 0.2) is 12.2 Å². The summed E-state index contributed by atoms with van der Waals surface area (Å²) in [5.74, 6) is -1.22. The largest absolute Gasteiger partial charge is 0.480 e. The second-order valence-electron chi connectivity index (χ2n) is 6.61. The van der Waals surface area contributed by atoms with E-state index >= 15 is 0 Å². The number of nitrogens with one attached hydrogen (secondary N) is 1. The van der Waals surface area contributed by atoms with Gasteiger partial charge in [-0.25, -0.2) is 4.79 Å². The molecule has 0 aliphatic heterocycles. The van der Waals surface area contributed by atoms with E-state index in [9.17, 15) is 9.59 Å². The van der Waals surface area contributed by atoms with E-state index in [1.165, 1.54) is 51.9 Å². The zero-order valence-electron chi connectivity index (χ0n) is 15.7. The molecule has 0 rings (SSSR count). The first kappa shape index (κ1) is 22.7. The summed E-state index contributed by atoms with van der Waals surface area (Å²) >= 11 is 0. The Bertz CT molecular complexity index is 353. The molecule has 1 unspecified atom stereocenters. The number of carboxylic acid groups (broad SMARTS) is 1. The smallest absolute Gasteiger partial charge is 0.326 e. The number of carbonyl (C=O) groups is 2. The first-order valence-electron chi connectivity index (χ1n) is 9.72. The fourth-order valence-electron chi connectivity index (χ4n) is 2.75. The summed E-state index contributed by atoms with van der Waals surface area (Å²) in [4.78, 5) is 21.9. The van der Waals surface area contributed by atoms with Crippen LogP contribution in [0.1, 0.15) is 97.3 Å². The van der Waals surface area contributed by atoms with Crippen LogP contribution in [0.4, 0.5) is 0 Å². The van der Waals surface area contributed by atoms with Gasteiger partial charge in [0.1, 0.15) is 6.04 Å². The third kappa shape index (κ3) is 15.6. The van der Waals surface area contributed by atoms with E-state index < -0.39 is 12.0 Å². The molecule has 24 heavy (non-hydrogen) atoms. The van der Waals surface area contributed by atoms with Crippen molar-refractivity contribution in [3.05, 3.63) is 12.2 Å². The van der Waals surface area contributed by atoms with Crippen molar-refractivity contribution in [3.63, 3.8) is 0 Å². The van der Waals surface area contributed by atoms with Crippen LogP contribution in [0.2, 0.25) is 0 Å². The van der Waals surface area contributed by atoms with E-state index in [4.69, 9.17) is 5.11 Å². The van der Waals surface area contributed by atoms with E-state index in [2.05, 4.69) is 24.4 Å². The number of carbonyl (C=O) groups excluding carboxylic acids is 1. The van der Waals surface area contributed by atoms with Crippen LogP contribution in [0.5, 0.6) is 0 Å². The van der Waals surface area contributed by atoms with Gasteiger partial charge >= 0.3 is 5.97 Å². The van der Waals surface area contributed by atoms with Gasteiger partial charge in [-0.3, -0.25) is 4.79 Å². The van der Waals surface area contributed by atoms with Crippen LogP contribution in [0.25, 0.3) is 0 Å². The van der Waals surface area contributed by atoms with Gasteiger partial charge in [0.25, 0.3) is 0 Å². The molecule has 4 heteroatoms. The van der Waals surface area contributed by atoms with E-state index in [0.717, 1.165) is 32.1 Å². The number of unbranched alkanes of at least 4 members (excludes halogenated alkanes) is 10. The van der Waals surface area contributed by atoms with E-state index in [-0.39, 0.29) is 5.91 Å². The van der Waals surface area contributed by atoms with Crippen molar-refractivity contribution in [2.45, 2.75) is 103 Å². The fourth-order valence-corrected chi connectivity index (χ4v) is 2.75. The summed E-state index contributed by atoms with van der Waals surface area (Å²) in [7, 11) is 0. The second kappa shape index (κ2) is 16.5. The van der Waals surface area contributed by atoms with Crippen LogP contribution in [-0.2, 0) is 9.59 Å². The maximum absolute atomic E-state index is 11.0. The van der Waals surface area contributed by atoms with Gasteiger partial charge in [0, 0.05) is 6.92 Å². The molecule has 0 spiro atoms. The topological polar surface area (TPSA) is 66.4 Å². The number of rotatable bonds is 16. The van der Waals surface area contributed by atoms with Gasteiger partial charge in [-0.2, -0.15) is 0 Å². The van der Waals surface area contributed by atoms with E-state index in [1.807, 2.05) is 0 Å². The number of carboxylic acids is 1. The van der Waals surface area contributed by atoms with Crippen molar-refractivity contribution in [1.29, 1.82) is 0 Å². The molecule has 0 radical (unpaired) electrons. The van der Waals surface area contributed by atoms with E-state index in [0.29, 0.717) is 6.42 Å². The Morgan fingerprint density at radius 3 is 1.88 bits per heavy atom. The lowest BCUT2D eigenvalue weighted by molar-refractivity contribution is -0.141.